The molecule has 3 N–H and O–H groups in total. The Bertz CT molecular complexity index is 1180. The van der Waals surface area contributed by atoms with E-state index in [1.54, 1.807) is 37.4 Å². The van der Waals surface area contributed by atoms with Crippen LogP contribution in [0.3, 0.4) is 0 Å². The molecule has 1 aliphatic carbocycles. The zero-order valence-electron chi connectivity index (χ0n) is 17.4. The van der Waals surface area contributed by atoms with Crippen molar-refractivity contribution in [3.63, 3.8) is 0 Å². The maximum atomic E-state index is 12.7. The predicted octanol–water partition coefficient (Wildman–Crippen LogP) is 4.28. The molecule has 0 aliphatic heterocycles. The van der Waals surface area contributed by atoms with Crippen molar-refractivity contribution in [2.24, 2.45) is 5.92 Å². The second-order valence-electron chi connectivity index (χ2n) is 7.71. The minimum Gasteiger partial charge on any atom is -0.492 e. The number of pyridine rings is 1. The standard InChI is InChI=1S/C22H24ClN5O3/c1-3-20(29)27-19-6-7-24-22(28-19)25-12(2)15-8-14-9-16(23)18(31-11-13-4-5-13)10-17(14)26-21(15)30/h6-10,12-13H,3-5,11H2,1-2H3,(H,26,30)(H2,24,25,27,28,29)/t12-/m0/s1. The molecule has 2 heterocycles. The van der Waals surface area contributed by atoms with Gasteiger partial charge in [-0.15, -0.1) is 0 Å². The maximum Gasteiger partial charge on any atom is 0.253 e. The molecular weight excluding hydrogens is 418 g/mol. The number of hydrogen-bond donors (Lipinski definition) is 3. The van der Waals surface area contributed by atoms with E-state index < -0.39 is 0 Å². The number of aromatic nitrogens is 3. The lowest BCUT2D eigenvalue weighted by Gasteiger charge is -2.15. The number of rotatable bonds is 8. The normalized spacial score (nSPS) is 14.3. The number of nitrogens with one attached hydrogen (secondary N) is 3. The number of halogens is 1. The monoisotopic (exact) mass is 441 g/mol. The first-order chi connectivity index (χ1) is 14.9. The van der Waals surface area contributed by atoms with E-state index in [-0.39, 0.29) is 17.5 Å². The fourth-order valence-corrected chi connectivity index (χ4v) is 3.38. The molecule has 9 heteroatoms. The minimum absolute atomic E-state index is 0.138. The van der Waals surface area contributed by atoms with E-state index in [1.807, 2.05) is 6.92 Å². The molecule has 1 fully saturated rings. The molecule has 0 radical (unpaired) electrons. The highest BCUT2D eigenvalue weighted by molar-refractivity contribution is 6.32. The van der Waals surface area contributed by atoms with Crippen molar-refractivity contribution in [1.82, 2.24) is 15.0 Å². The number of benzene rings is 1. The molecule has 1 aromatic carbocycles. The van der Waals surface area contributed by atoms with Crippen molar-refractivity contribution in [2.45, 2.75) is 39.2 Å². The second-order valence-corrected chi connectivity index (χ2v) is 8.12. The van der Waals surface area contributed by atoms with Crippen LogP contribution in [0.15, 0.2) is 35.3 Å². The first-order valence-corrected chi connectivity index (χ1v) is 10.7. The molecule has 1 atom stereocenters. The molecule has 1 amide bonds. The predicted molar refractivity (Wildman–Crippen MR) is 121 cm³/mol. The molecule has 0 bridgehead atoms. The van der Waals surface area contributed by atoms with Crippen LogP contribution >= 0.6 is 11.6 Å². The number of fused-ring (bicyclic) bond motifs is 1. The van der Waals surface area contributed by atoms with E-state index in [2.05, 4.69) is 25.6 Å². The van der Waals surface area contributed by atoms with Crippen LogP contribution in [0.4, 0.5) is 11.8 Å². The number of amides is 1. The largest absolute Gasteiger partial charge is 0.492 e. The molecule has 1 saturated carbocycles. The molecule has 3 aromatic rings. The second kappa shape index (κ2) is 8.93. The Kier molecular flexibility index (Phi) is 6.08. The van der Waals surface area contributed by atoms with Gasteiger partial charge < -0.3 is 20.4 Å². The van der Waals surface area contributed by atoms with E-state index >= 15 is 0 Å². The van der Waals surface area contributed by atoms with Crippen molar-refractivity contribution >= 4 is 40.2 Å². The summed E-state index contributed by atoms with van der Waals surface area (Å²) in [6.45, 7) is 4.25. The van der Waals surface area contributed by atoms with Gasteiger partial charge in [0, 0.05) is 29.6 Å². The van der Waals surface area contributed by atoms with Crippen LogP contribution in [0.1, 0.15) is 44.7 Å². The van der Waals surface area contributed by atoms with E-state index in [0.717, 1.165) is 5.39 Å². The number of hydrogen-bond acceptors (Lipinski definition) is 6. The maximum absolute atomic E-state index is 12.7. The molecule has 0 saturated heterocycles. The van der Waals surface area contributed by atoms with Crippen molar-refractivity contribution in [2.75, 3.05) is 17.2 Å². The summed E-state index contributed by atoms with van der Waals surface area (Å²) < 4.78 is 5.80. The highest BCUT2D eigenvalue weighted by atomic mass is 35.5. The highest BCUT2D eigenvalue weighted by Gasteiger charge is 2.22. The van der Waals surface area contributed by atoms with Gasteiger partial charge in [0.05, 0.1) is 23.2 Å². The molecule has 31 heavy (non-hydrogen) atoms. The van der Waals surface area contributed by atoms with Crippen molar-refractivity contribution in [3.8, 4) is 5.75 Å². The Morgan fingerprint density at radius 1 is 1.35 bits per heavy atom. The summed E-state index contributed by atoms with van der Waals surface area (Å²) in [4.78, 5) is 35.7. The number of ether oxygens (including phenoxy) is 1. The molecular formula is C22H24ClN5O3. The van der Waals surface area contributed by atoms with Gasteiger partial charge in [-0.25, -0.2) is 4.98 Å². The highest BCUT2D eigenvalue weighted by Crippen LogP contribution is 2.33. The molecule has 1 aliphatic rings. The SMILES string of the molecule is CCC(=O)Nc1ccnc(N[C@@H](C)c2cc3cc(Cl)c(OCC4CC4)cc3[nH]c2=O)n1. The van der Waals surface area contributed by atoms with E-state index in [9.17, 15) is 9.59 Å². The fourth-order valence-electron chi connectivity index (χ4n) is 3.15. The number of carbonyl (C=O) groups excluding carboxylic acids is 1. The summed E-state index contributed by atoms with van der Waals surface area (Å²) >= 11 is 6.39. The van der Waals surface area contributed by atoms with Crippen LogP contribution in [0, 0.1) is 5.92 Å². The number of aromatic amines is 1. The van der Waals surface area contributed by atoms with Gasteiger partial charge in [0.2, 0.25) is 11.9 Å². The average Bonchev–Trinajstić information content (AvgIpc) is 3.57. The lowest BCUT2D eigenvalue weighted by Crippen LogP contribution is -2.20. The van der Waals surface area contributed by atoms with E-state index in [1.165, 1.54) is 12.8 Å². The number of nitrogens with zero attached hydrogens (tertiary/aromatic N) is 2. The third-order valence-electron chi connectivity index (χ3n) is 5.15. The lowest BCUT2D eigenvalue weighted by atomic mass is 10.1. The fraction of sp³-hybridized carbons (Fsp3) is 0.364. The Morgan fingerprint density at radius 3 is 2.90 bits per heavy atom. The minimum atomic E-state index is -0.380. The zero-order valence-corrected chi connectivity index (χ0v) is 18.1. The Hall–Kier alpha value is -3.13. The summed E-state index contributed by atoms with van der Waals surface area (Å²) in [6.07, 6.45) is 4.27. The number of carbonyl (C=O) groups is 1. The van der Waals surface area contributed by atoms with E-state index in [0.29, 0.717) is 52.6 Å². The molecule has 0 unspecified atom stereocenters. The van der Waals surface area contributed by atoms with Gasteiger partial charge in [-0.2, -0.15) is 4.98 Å². The van der Waals surface area contributed by atoms with Gasteiger partial charge in [-0.05, 0) is 43.9 Å². The summed E-state index contributed by atoms with van der Waals surface area (Å²) in [5, 5.41) is 7.11. The Balaban J connectivity index is 1.55. The molecule has 2 aromatic heterocycles. The van der Waals surface area contributed by atoms with Gasteiger partial charge >= 0.3 is 0 Å². The molecule has 162 valence electrons. The van der Waals surface area contributed by atoms with Crippen LogP contribution in [0.2, 0.25) is 5.02 Å². The van der Waals surface area contributed by atoms with Crippen molar-refractivity contribution in [1.29, 1.82) is 0 Å². The lowest BCUT2D eigenvalue weighted by molar-refractivity contribution is -0.115. The van der Waals surface area contributed by atoms with E-state index in [4.69, 9.17) is 16.3 Å². The quantitative estimate of drug-likeness (QED) is 0.481. The third kappa shape index (κ3) is 5.14. The number of anilines is 2. The van der Waals surface area contributed by atoms with Gasteiger partial charge in [0.1, 0.15) is 11.6 Å². The molecule has 8 nitrogen and oxygen atoms in total. The molecule has 4 rings (SSSR count). The van der Waals surface area contributed by atoms with Gasteiger partial charge in [-0.3, -0.25) is 9.59 Å². The Labute approximate surface area is 184 Å². The zero-order chi connectivity index (χ0) is 22.0. The number of H-pyrrole nitrogens is 1. The van der Waals surface area contributed by atoms with Gasteiger partial charge in [0.25, 0.3) is 5.56 Å². The van der Waals surface area contributed by atoms with Gasteiger partial charge in [-0.1, -0.05) is 18.5 Å². The topological polar surface area (TPSA) is 109 Å². The van der Waals surface area contributed by atoms with Crippen LogP contribution in [-0.4, -0.2) is 27.5 Å². The van der Waals surface area contributed by atoms with Crippen LogP contribution in [-0.2, 0) is 4.79 Å². The van der Waals surface area contributed by atoms with Gasteiger partial charge in [0.15, 0.2) is 0 Å². The first-order valence-electron chi connectivity index (χ1n) is 10.3. The van der Waals surface area contributed by atoms with Crippen LogP contribution in [0.25, 0.3) is 10.9 Å². The summed E-state index contributed by atoms with van der Waals surface area (Å²) in [6, 6.07) is 6.59. The van der Waals surface area contributed by atoms with Crippen LogP contribution < -0.4 is 20.9 Å². The van der Waals surface area contributed by atoms with Crippen molar-refractivity contribution < 1.29 is 9.53 Å². The van der Waals surface area contributed by atoms with Crippen LogP contribution in [0.5, 0.6) is 5.75 Å². The summed E-state index contributed by atoms with van der Waals surface area (Å²) in [5.41, 5.74) is 0.955. The summed E-state index contributed by atoms with van der Waals surface area (Å²) in [5.74, 6) is 1.75. The Morgan fingerprint density at radius 2 is 2.16 bits per heavy atom. The smallest absolute Gasteiger partial charge is 0.253 e. The first kappa shape index (κ1) is 21.1. The molecule has 0 spiro atoms. The third-order valence-corrected chi connectivity index (χ3v) is 5.45. The van der Waals surface area contributed by atoms with Crippen molar-refractivity contribution in [3.05, 3.63) is 51.4 Å². The summed E-state index contributed by atoms with van der Waals surface area (Å²) in [7, 11) is 0. The average molecular weight is 442 g/mol.